The number of thioether (sulfide) groups is 1. The minimum absolute atomic E-state index is 0.0557. The van der Waals surface area contributed by atoms with E-state index in [0.29, 0.717) is 17.9 Å². The summed E-state index contributed by atoms with van der Waals surface area (Å²) in [5.74, 6) is -1.99. The maximum Gasteiger partial charge on any atom is 0.368 e. The Morgan fingerprint density at radius 3 is 2.86 bits per heavy atom. The van der Waals surface area contributed by atoms with Gasteiger partial charge in [-0.2, -0.15) is 0 Å². The largest absolute Gasteiger partial charge is 0.477 e. The molecule has 1 fully saturated rings. The third kappa shape index (κ3) is 4.00. The maximum absolute atomic E-state index is 13.1. The predicted octanol–water partition coefficient (Wildman–Crippen LogP) is 0.128. The zero-order valence-corrected chi connectivity index (χ0v) is 21.7. The third-order valence-corrected chi connectivity index (χ3v) is 8.68. The van der Waals surface area contributed by atoms with Crippen LogP contribution in [0.3, 0.4) is 0 Å². The van der Waals surface area contributed by atoms with Crippen LogP contribution in [-0.2, 0) is 25.8 Å². The Hall–Kier alpha value is -3.50. The van der Waals surface area contributed by atoms with Crippen molar-refractivity contribution in [3.8, 4) is 0 Å². The van der Waals surface area contributed by atoms with Crippen molar-refractivity contribution in [3.05, 3.63) is 39.2 Å². The number of aromatic nitrogens is 4. The van der Waals surface area contributed by atoms with Crippen molar-refractivity contribution < 1.29 is 28.9 Å². The van der Waals surface area contributed by atoms with E-state index < -0.39 is 29.2 Å². The Balaban J connectivity index is 1.39. The smallest absolute Gasteiger partial charge is 0.368 e. The molecule has 3 aromatic rings. The summed E-state index contributed by atoms with van der Waals surface area (Å²) in [7, 11) is 1.29. The molecule has 13 nitrogen and oxygen atoms in total. The van der Waals surface area contributed by atoms with Crippen LogP contribution >= 0.6 is 34.4 Å². The molecule has 0 spiro atoms. The van der Waals surface area contributed by atoms with Gasteiger partial charge in [0.05, 0.1) is 0 Å². The summed E-state index contributed by atoms with van der Waals surface area (Å²) in [6.45, 7) is 4.13. The highest BCUT2D eigenvalue weighted by atomic mass is 32.2. The van der Waals surface area contributed by atoms with Crippen LogP contribution in [0.5, 0.6) is 0 Å². The van der Waals surface area contributed by atoms with Crippen LogP contribution in [0.25, 0.3) is 4.96 Å². The van der Waals surface area contributed by atoms with Gasteiger partial charge >= 0.3 is 10.9 Å². The number of nitrogens with one attached hydrogen (secondary N) is 1. The van der Waals surface area contributed by atoms with Gasteiger partial charge in [0, 0.05) is 23.6 Å². The van der Waals surface area contributed by atoms with E-state index in [0.717, 1.165) is 27.0 Å². The summed E-state index contributed by atoms with van der Waals surface area (Å²) < 4.78 is 3.75. The molecule has 2 aliphatic heterocycles. The van der Waals surface area contributed by atoms with E-state index in [4.69, 9.17) is 10.6 Å². The topological polar surface area (TPSA) is 168 Å². The number of nitrogens with zero attached hydrogens (tertiary/aromatic N) is 6. The Morgan fingerprint density at radius 1 is 1.42 bits per heavy atom. The van der Waals surface area contributed by atoms with Crippen LogP contribution in [0.4, 0.5) is 5.13 Å². The molecule has 36 heavy (non-hydrogen) atoms. The molecule has 0 aliphatic carbocycles. The van der Waals surface area contributed by atoms with Crippen molar-refractivity contribution in [2.75, 3.05) is 18.6 Å². The summed E-state index contributed by atoms with van der Waals surface area (Å²) in [5.41, 5.74) is 7.22. The first-order valence-corrected chi connectivity index (χ1v) is 13.3. The van der Waals surface area contributed by atoms with Crippen LogP contribution in [0.15, 0.2) is 28.0 Å². The second kappa shape index (κ2) is 9.18. The van der Waals surface area contributed by atoms with E-state index >= 15 is 0 Å². The fourth-order valence-corrected chi connectivity index (χ4v) is 6.93. The lowest BCUT2D eigenvalue weighted by atomic mass is 10.0. The zero-order valence-electron chi connectivity index (χ0n) is 19.3. The summed E-state index contributed by atoms with van der Waals surface area (Å²) in [6.07, 6.45) is 1.88. The number of hydrogen-bond donors (Lipinski definition) is 3. The quantitative estimate of drug-likeness (QED) is 0.160. The molecular formula is C20H21N8O5S3+. The van der Waals surface area contributed by atoms with Crippen molar-refractivity contribution in [3.63, 3.8) is 0 Å². The number of amides is 2. The highest BCUT2D eigenvalue weighted by Gasteiger charge is 2.54. The Labute approximate surface area is 216 Å². The van der Waals surface area contributed by atoms with Crippen LogP contribution in [0.2, 0.25) is 0 Å². The molecule has 0 saturated carbocycles. The van der Waals surface area contributed by atoms with Gasteiger partial charge in [0.2, 0.25) is 0 Å². The molecule has 2 amide bonds. The second-order valence-corrected chi connectivity index (χ2v) is 11.2. The molecule has 5 rings (SSSR count). The number of carbonyl (C=O) groups is 3. The highest BCUT2D eigenvalue weighted by Crippen LogP contribution is 2.40. The lowest BCUT2D eigenvalue weighted by Gasteiger charge is -2.49. The molecule has 5 heterocycles. The van der Waals surface area contributed by atoms with Gasteiger partial charge in [0.1, 0.15) is 47.2 Å². The van der Waals surface area contributed by atoms with Gasteiger partial charge in [-0.3, -0.25) is 14.5 Å². The van der Waals surface area contributed by atoms with E-state index in [2.05, 4.69) is 20.6 Å². The lowest BCUT2D eigenvalue weighted by Crippen LogP contribution is -2.71. The number of hydrogen-bond acceptors (Lipinski definition) is 11. The number of carboxylic acids is 1. The molecule has 0 bridgehead atoms. The molecule has 16 heteroatoms. The van der Waals surface area contributed by atoms with Crippen molar-refractivity contribution in [1.29, 1.82) is 0 Å². The molecule has 3 aromatic heterocycles. The number of β-lactam (4-membered cyclic amide) rings is 1. The SMILES string of the molecule is CO/N=C(\C(=O)N[C@@H]1C(=O)N2C(C(=O)O)=C(C[n+]3c(C)cn4nc(C)sc43)CS[C@@H]12)c1csc(N)n1. The van der Waals surface area contributed by atoms with Crippen molar-refractivity contribution >= 4 is 68.0 Å². The Kier molecular flexibility index (Phi) is 6.17. The molecule has 1 saturated heterocycles. The summed E-state index contributed by atoms with van der Waals surface area (Å²) >= 11 is 4.03. The Bertz CT molecular complexity index is 1470. The fourth-order valence-electron chi connectivity index (χ4n) is 4.14. The first-order valence-electron chi connectivity index (χ1n) is 10.6. The summed E-state index contributed by atoms with van der Waals surface area (Å²) in [4.78, 5) is 49.2. The standard InChI is InChI=1S/C20H20N8O5S3/c1-8-4-27-20(36-9(2)24-27)26(8)5-10-6-34-17-13(16(30)28(17)14(10)18(31)32)23-15(29)12(25-33-3)11-7-35-19(21)22-11/h4,7,13,17H,5-6H2,1-3H3,(H3-,21,22,23,29,31,32)/p+1/b25-12-/t13-,17+/m1/s1. The number of nitrogen functional groups attached to an aromatic ring is 1. The van der Waals surface area contributed by atoms with Gasteiger partial charge in [-0.1, -0.05) is 14.8 Å². The molecule has 0 radical (unpaired) electrons. The number of fused-ring (bicyclic) bond motifs is 2. The second-order valence-electron chi connectivity index (χ2n) is 8.02. The van der Waals surface area contributed by atoms with Crippen molar-refractivity contribution in [2.45, 2.75) is 31.8 Å². The zero-order chi connectivity index (χ0) is 25.7. The van der Waals surface area contributed by atoms with Gasteiger partial charge in [0.15, 0.2) is 17.0 Å². The van der Waals surface area contributed by atoms with Crippen LogP contribution in [0.1, 0.15) is 16.4 Å². The van der Waals surface area contributed by atoms with Crippen molar-refractivity contribution in [1.82, 2.24) is 24.8 Å². The predicted molar refractivity (Wildman–Crippen MR) is 132 cm³/mol. The Morgan fingerprint density at radius 2 is 2.19 bits per heavy atom. The molecule has 0 unspecified atom stereocenters. The molecular weight excluding hydrogens is 528 g/mol. The first-order chi connectivity index (χ1) is 17.2. The number of thiazole rings is 1. The highest BCUT2D eigenvalue weighted by molar-refractivity contribution is 8.00. The number of oxime groups is 1. The van der Waals surface area contributed by atoms with E-state index in [9.17, 15) is 19.5 Å². The lowest BCUT2D eigenvalue weighted by molar-refractivity contribution is -0.666. The average Bonchev–Trinajstić information content (AvgIpc) is 3.49. The number of carbonyl (C=O) groups excluding carboxylic acids is 2. The summed E-state index contributed by atoms with van der Waals surface area (Å²) in [5, 5.41) is 22.9. The first kappa shape index (κ1) is 24.2. The third-order valence-electron chi connectivity index (χ3n) is 5.70. The van der Waals surface area contributed by atoms with Crippen molar-refractivity contribution in [2.24, 2.45) is 5.16 Å². The molecule has 2 aliphatic rings. The number of carboxylic acid groups (broad SMARTS) is 1. The maximum atomic E-state index is 13.1. The summed E-state index contributed by atoms with van der Waals surface area (Å²) in [6, 6.07) is -0.920. The minimum Gasteiger partial charge on any atom is -0.477 e. The van der Waals surface area contributed by atoms with Gasteiger partial charge in [-0.15, -0.1) is 23.1 Å². The molecule has 2 atom stereocenters. The van der Waals surface area contributed by atoms with Crippen LogP contribution in [-0.4, -0.2) is 72.4 Å². The van der Waals surface area contributed by atoms with Gasteiger partial charge < -0.3 is 21.0 Å². The minimum atomic E-state index is -1.19. The molecule has 4 N–H and O–H groups in total. The number of imidazole rings is 1. The van der Waals surface area contributed by atoms with Crippen LogP contribution in [0, 0.1) is 13.8 Å². The number of aliphatic carboxylic acids is 1. The van der Waals surface area contributed by atoms with E-state index in [-0.39, 0.29) is 22.2 Å². The number of nitrogens with two attached hydrogens (primary N) is 1. The average molecular weight is 550 g/mol. The normalized spacial score (nSPS) is 19.9. The van der Waals surface area contributed by atoms with E-state index in [1.54, 1.807) is 9.90 Å². The van der Waals surface area contributed by atoms with E-state index in [1.165, 1.54) is 35.1 Å². The van der Waals surface area contributed by atoms with E-state index in [1.807, 2.05) is 24.6 Å². The van der Waals surface area contributed by atoms with Gasteiger partial charge in [0.25, 0.3) is 11.8 Å². The fraction of sp³-hybridized carbons (Fsp3) is 0.350. The van der Waals surface area contributed by atoms with Gasteiger partial charge in [-0.05, 0) is 18.3 Å². The molecule has 188 valence electrons. The number of rotatable bonds is 7. The van der Waals surface area contributed by atoms with Crippen LogP contribution < -0.4 is 15.6 Å². The monoisotopic (exact) mass is 549 g/mol. The van der Waals surface area contributed by atoms with Gasteiger partial charge in [-0.25, -0.2) is 14.3 Å². The number of aryl methyl sites for hydroxylation is 2. The number of anilines is 1. The molecule has 0 aromatic carbocycles.